The maximum Gasteiger partial charge on any atom is 0.123 e. The molecule has 1 aromatic carbocycles. The van der Waals surface area contributed by atoms with E-state index in [1.165, 1.54) is 25.7 Å². The van der Waals surface area contributed by atoms with Crippen LogP contribution in [0.15, 0.2) is 18.2 Å². The molecular formula is C14H21NO2. The summed E-state index contributed by atoms with van der Waals surface area (Å²) in [5, 5.41) is 0. The molecule has 17 heavy (non-hydrogen) atoms. The van der Waals surface area contributed by atoms with Gasteiger partial charge < -0.3 is 15.2 Å². The molecule has 0 bridgehead atoms. The highest BCUT2D eigenvalue weighted by molar-refractivity contribution is 5.42. The maximum absolute atomic E-state index is 6.36. The Hall–Kier alpha value is -1.22. The number of rotatable bonds is 4. The zero-order chi connectivity index (χ0) is 12.3. The van der Waals surface area contributed by atoms with Gasteiger partial charge in [-0.3, -0.25) is 0 Å². The van der Waals surface area contributed by atoms with Crippen LogP contribution in [0.2, 0.25) is 0 Å². The Morgan fingerprint density at radius 2 is 1.88 bits per heavy atom. The third-order valence-electron chi connectivity index (χ3n) is 3.70. The summed E-state index contributed by atoms with van der Waals surface area (Å²) in [5.74, 6) is 2.29. The van der Waals surface area contributed by atoms with Gasteiger partial charge in [0, 0.05) is 11.6 Å². The monoisotopic (exact) mass is 235 g/mol. The molecule has 0 radical (unpaired) electrons. The summed E-state index contributed by atoms with van der Waals surface area (Å²) in [4.78, 5) is 0. The van der Waals surface area contributed by atoms with Gasteiger partial charge in [0.05, 0.1) is 14.2 Å². The van der Waals surface area contributed by atoms with Gasteiger partial charge in [-0.1, -0.05) is 12.8 Å². The van der Waals surface area contributed by atoms with Crippen LogP contribution in [0, 0.1) is 5.92 Å². The molecule has 1 aromatic rings. The van der Waals surface area contributed by atoms with Crippen molar-refractivity contribution in [1.29, 1.82) is 0 Å². The summed E-state index contributed by atoms with van der Waals surface area (Å²) in [7, 11) is 3.36. The molecule has 3 nitrogen and oxygen atoms in total. The first-order chi connectivity index (χ1) is 8.26. The highest BCUT2D eigenvalue weighted by atomic mass is 16.5. The van der Waals surface area contributed by atoms with E-state index < -0.39 is 0 Å². The number of hydrogen-bond acceptors (Lipinski definition) is 3. The summed E-state index contributed by atoms with van der Waals surface area (Å²) >= 11 is 0. The first kappa shape index (κ1) is 12.2. The van der Waals surface area contributed by atoms with Crippen LogP contribution in [0.3, 0.4) is 0 Å². The van der Waals surface area contributed by atoms with Crippen molar-refractivity contribution in [2.24, 2.45) is 11.7 Å². The van der Waals surface area contributed by atoms with Gasteiger partial charge in [0.1, 0.15) is 11.5 Å². The van der Waals surface area contributed by atoms with Crippen LogP contribution in [-0.2, 0) is 0 Å². The van der Waals surface area contributed by atoms with E-state index in [0.717, 1.165) is 17.1 Å². The van der Waals surface area contributed by atoms with Crippen LogP contribution in [0.25, 0.3) is 0 Å². The summed E-state index contributed by atoms with van der Waals surface area (Å²) in [6.07, 6.45) is 5.04. The van der Waals surface area contributed by atoms with Gasteiger partial charge >= 0.3 is 0 Å². The fourth-order valence-corrected chi connectivity index (χ4v) is 2.67. The van der Waals surface area contributed by atoms with E-state index in [4.69, 9.17) is 15.2 Å². The van der Waals surface area contributed by atoms with Crippen molar-refractivity contribution in [1.82, 2.24) is 0 Å². The Labute approximate surface area is 103 Å². The molecule has 0 unspecified atom stereocenters. The molecule has 0 saturated heterocycles. The fraction of sp³-hybridized carbons (Fsp3) is 0.571. The van der Waals surface area contributed by atoms with Gasteiger partial charge in [0.25, 0.3) is 0 Å². The number of benzene rings is 1. The topological polar surface area (TPSA) is 44.5 Å². The maximum atomic E-state index is 6.36. The molecule has 0 aromatic heterocycles. The standard InChI is InChI=1S/C14H21NO2/c1-16-11-7-8-13(17-2)12(9-11)14(15)10-5-3-4-6-10/h7-10,14H,3-6,15H2,1-2H3/t14-/m0/s1. The molecule has 0 amide bonds. The Balaban J connectivity index is 2.27. The Morgan fingerprint density at radius 1 is 1.18 bits per heavy atom. The van der Waals surface area contributed by atoms with E-state index in [1.807, 2.05) is 18.2 Å². The Bertz CT molecular complexity index is 372. The zero-order valence-electron chi connectivity index (χ0n) is 10.6. The lowest BCUT2D eigenvalue weighted by Crippen LogP contribution is -2.19. The minimum Gasteiger partial charge on any atom is -0.497 e. The van der Waals surface area contributed by atoms with Crippen molar-refractivity contribution in [3.05, 3.63) is 23.8 Å². The summed E-state index contributed by atoms with van der Waals surface area (Å²) in [5.41, 5.74) is 7.43. The Kier molecular flexibility index (Phi) is 3.89. The third kappa shape index (κ3) is 2.55. The number of hydrogen-bond donors (Lipinski definition) is 1. The highest BCUT2D eigenvalue weighted by Gasteiger charge is 2.25. The fourth-order valence-electron chi connectivity index (χ4n) is 2.67. The molecule has 1 atom stereocenters. The van der Waals surface area contributed by atoms with E-state index in [9.17, 15) is 0 Å². The van der Waals surface area contributed by atoms with Gasteiger partial charge in [0.2, 0.25) is 0 Å². The quantitative estimate of drug-likeness (QED) is 0.872. The summed E-state index contributed by atoms with van der Waals surface area (Å²) in [6.45, 7) is 0. The van der Waals surface area contributed by atoms with Gasteiger partial charge in [0.15, 0.2) is 0 Å². The number of nitrogens with two attached hydrogens (primary N) is 1. The van der Waals surface area contributed by atoms with Gasteiger partial charge in [-0.2, -0.15) is 0 Å². The van der Waals surface area contributed by atoms with Crippen molar-refractivity contribution in [2.45, 2.75) is 31.7 Å². The summed E-state index contributed by atoms with van der Waals surface area (Å²) < 4.78 is 10.6. The van der Waals surface area contributed by atoms with Crippen LogP contribution in [0.5, 0.6) is 11.5 Å². The van der Waals surface area contributed by atoms with Crippen LogP contribution in [-0.4, -0.2) is 14.2 Å². The molecule has 0 aliphatic heterocycles. The second kappa shape index (κ2) is 5.41. The van der Waals surface area contributed by atoms with Gasteiger partial charge in [-0.15, -0.1) is 0 Å². The van der Waals surface area contributed by atoms with E-state index in [1.54, 1.807) is 14.2 Å². The molecule has 3 heteroatoms. The zero-order valence-corrected chi connectivity index (χ0v) is 10.6. The average Bonchev–Trinajstić information content (AvgIpc) is 2.91. The van der Waals surface area contributed by atoms with Crippen molar-refractivity contribution >= 4 is 0 Å². The predicted molar refractivity (Wildman–Crippen MR) is 68.4 cm³/mol. The van der Waals surface area contributed by atoms with E-state index in [0.29, 0.717) is 5.92 Å². The van der Waals surface area contributed by atoms with Crippen LogP contribution in [0.1, 0.15) is 37.3 Å². The smallest absolute Gasteiger partial charge is 0.123 e. The molecule has 0 heterocycles. The van der Waals surface area contributed by atoms with Crippen molar-refractivity contribution in [3.63, 3.8) is 0 Å². The molecule has 1 aliphatic rings. The molecular weight excluding hydrogens is 214 g/mol. The van der Waals surface area contributed by atoms with Crippen molar-refractivity contribution in [2.75, 3.05) is 14.2 Å². The number of methoxy groups -OCH3 is 2. The van der Waals surface area contributed by atoms with E-state index >= 15 is 0 Å². The first-order valence-electron chi connectivity index (χ1n) is 6.23. The van der Waals surface area contributed by atoms with E-state index in [2.05, 4.69) is 0 Å². The van der Waals surface area contributed by atoms with Gasteiger partial charge in [-0.25, -0.2) is 0 Å². The number of ether oxygens (including phenoxy) is 2. The minimum absolute atomic E-state index is 0.0579. The third-order valence-corrected chi connectivity index (χ3v) is 3.70. The highest BCUT2D eigenvalue weighted by Crippen LogP contribution is 2.38. The minimum atomic E-state index is 0.0579. The first-order valence-corrected chi connectivity index (χ1v) is 6.23. The largest absolute Gasteiger partial charge is 0.497 e. The SMILES string of the molecule is COc1ccc(OC)c([C@@H](N)C2CCCC2)c1. The molecule has 2 rings (SSSR count). The normalized spacial score (nSPS) is 18.1. The van der Waals surface area contributed by atoms with Crippen LogP contribution >= 0.6 is 0 Å². The van der Waals surface area contributed by atoms with Crippen LogP contribution < -0.4 is 15.2 Å². The van der Waals surface area contributed by atoms with E-state index in [-0.39, 0.29) is 6.04 Å². The van der Waals surface area contributed by atoms with Gasteiger partial charge in [-0.05, 0) is 37.0 Å². The van der Waals surface area contributed by atoms with Crippen LogP contribution in [0.4, 0.5) is 0 Å². The Morgan fingerprint density at radius 3 is 2.47 bits per heavy atom. The molecule has 1 saturated carbocycles. The second-order valence-corrected chi connectivity index (χ2v) is 4.68. The lowest BCUT2D eigenvalue weighted by atomic mass is 9.92. The average molecular weight is 235 g/mol. The summed E-state index contributed by atoms with van der Waals surface area (Å²) in [6, 6.07) is 5.90. The van der Waals surface area contributed by atoms with Crippen molar-refractivity contribution < 1.29 is 9.47 Å². The lowest BCUT2D eigenvalue weighted by Gasteiger charge is -2.22. The predicted octanol–water partition coefficient (Wildman–Crippen LogP) is 2.89. The van der Waals surface area contributed by atoms with Crippen molar-refractivity contribution in [3.8, 4) is 11.5 Å². The molecule has 2 N–H and O–H groups in total. The molecule has 94 valence electrons. The molecule has 1 aliphatic carbocycles. The lowest BCUT2D eigenvalue weighted by molar-refractivity contribution is 0.378. The molecule has 1 fully saturated rings. The second-order valence-electron chi connectivity index (χ2n) is 4.68. The molecule has 0 spiro atoms.